The van der Waals surface area contributed by atoms with E-state index in [1.54, 1.807) is 0 Å². The van der Waals surface area contributed by atoms with E-state index in [0.29, 0.717) is 12.5 Å². The lowest BCUT2D eigenvalue weighted by molar-refractivity contribution is 0.111. The first-order valence-corrected chi connectivity index (χ1v) is 7.84. The molecule has 106 valence electrons. The molecule has 2 fully saturated rings. The molecule has 0 spiro atoms. The Morgan fingerprint density at radius 2 is 1.78 bits per heavy atom. The Hall–Kier alpha value is -0.120. The number of nitrogens with one attached hydrogen (secondary N) is 1. The number of aliphatic hydroxyl groups is 1. The molecular formula is C15H30N2O. The van der Waals surface area contributed by atoms with Gasteiger partial charge >= 0.3 is 0 Å². The SMILES string of the molecule is CNC1CCCCCC1CN1CCC(CO)CC1. The number of rotatable bonds is 4. The number of likely N-dealkylation sites (tertiary alicyclic amines) is 1. The molecule has 18 heavy (non-hydrogen) atoms. The molecule has 0 aromatic heterocycles. The number of piperidine rings is 1. The summed E-state index contributed by atoms with van der Waals surface area (Å²) in [5, 5.41) is 12.7. The van der Waals surface area contributed by atoms with Gasteiger partial charge in [0.05, 0.1) is 0 Å². The Morgan fingerprint density at radius 1 is 1.06 bits per heavy atom. The summed E-state index contributed by atoms with van der Waals surface area (Å²) in [7, 11) is 2.13. The van der Waals surface area contributed by atoms with Crippen molar-refractivity contribution in [3.05, 3.63) is 0 Å². The van der Waals surface area contributed by atoms with Crippen molar-refractivity contribution in [2.24, 2.45) is 11.8 Å². The third kappa shape index (κ3) is 3.94. The molecule has 0 aromatic carbocycles. The van der Waals surface area contributed by atoms with Crippen molar-refractivity contribution in [1.82, 2.24) is 10.2 Å². The first-order chi connectivity index (χ1) is 8.83. The average Bonchev–Trinajstić information content (AvgIpc) is 2.64. The molecule has 3 nitrogen and oxygen atoms in total. The number of nitrogens with zero attached hydrogens (tertiary/aromatic N) is 1. The number of aliphatic hydroxyl groups excluding tert-OH is 1. The second kappa shape index (κ2) is 7.46. The van der Waals surface area contributed by atoms with Gasteiger partial charge in [0, 0.05) is 19.2 Å². The molecule has 1 aliphatic carbocycles. The van der Waals surface area contributed by atoms with Crippen molar-refractivity contribution in [3.63, 3.8) is 0 Å². The molecule has 2 atom stereocenters. The molecule has 3 heteroatoms. The van der Waals surface area contributed by atoms with Crippen molar-refractivity contribution in [2.75, 3.05) is 33.3 Å². The first-order valence-electron chi connectivity index (χ1n) is 7.84. The summed E-state index contributed by atoms with van der Waals surface area (Å²) in [5.41, 5.74) is 0. The largest absolute Gasteiger partial charge is 0.396 e. The number of hydrogen-bond donors (Lipinski definition) is 2. The lowest BCUT2D eigenvalue weighted by Crippen LogP contribution is -2.43. The van der Waals surface area contributed by atoms with Crippen molar-refractivity contribution in [1.29, 1.82) is 0 Å². The summed E-state index contributed by atoms with van der Waals surface area (Å²) < 4.78 is 0. The van der Waals surface area contributed by atoms with Crippen LogP contribution in [0.4, 0.5) is 0 Å². The van der Waals surface area contributed by atoms with E-state index < -0.39 is 0 Å². The molecule has 2 unspecified atom stereocenters. The molecule has 2 rings (SSSR count). The van der Waals surface area contributed by atoms with Crippen LogP contribution in [0.25, 0.3) is 0 Å². The van der Waals surface area contributed by atoms with Gasteiger partial charge in [-0.25, -0.2) is 0 Å². The highest BCUT2D eigenvalue weighted by Gasteiger charge is 2.26. The Labute approximate surface area is 112 Å². The van der Waals surface area contributed by atoms with Gasteiger partial charge in [0.1, 0.15) is 0 Å². The summed E-state index contributed by atoms with van der Waals surface area (Å²) in [6.07, 6.45) is 9.35. The van der Waals surface area contributed by atoms with E-state index in [-0.39, 0.29) is 0 Å². The maximum Gasteiger partial charge on any atom is 0.0460 e. The fourth-order valence-corrected chi connectivity index (χ4v) is 3.67. The zero-order chi connectivity index (χ0) is 12.8. The molecule has 0 amide bonds. The molecule has 2 aliphatic rings. The molecule has 0 radical (unpaired) electrons. The molecule has 2 N–H and O–H groups in total. The predicted octanol–water partition coefficient (Wildman–Crippen LogP) is 1.86. The van der Waals surface area contributed by atoms with E-state index in [9.17, 15) is 5.11 Å². The third-order valence-electron chi connectivity index (χ3n) is 4.99. The highest BCUT2D eigenvalue weighted by molar-refractivity contribution is 4.82. The molecule has 0 bridgehead atoms. The standard InChI is InChI=1S/C15H30N2O/c1-16-15-6-4-2-3-5-14(15)11-17-9-7-13(12-18)8-10-17/h13-16,18H,2-12H2,1H3. The van der Waals surface area contributed by atoms with E-state index in [2.05, 4.69) is 17.3 Å². The molecule has 1 saturated carbocycles. The third-order valence-corrected chi connectivity index (χ3v) is 4.99. The van der Waals surface area contributed by atoms with E-state index in [4.69, 9.17) is 0 Å². The molecule has 1 saturated heterocycles. The number of hydrogen-bond acceptors (Lipinski definition) is 3. The smallest absolute Gasteiger partial charge is 0.0460 e. The minimum atomic E-state index is 0.385. The van der Waals surface area contributed by atoms with Gasteiger partial charge in [-0.05, 0) is 57.7 Å². The molecule has 0 aromatic rings. The van der Waals surface area contributed by atoms with E-state index in [1.165, 1.54) is 64.6 Å². The van der Waals surface area contributed by atoms with Gasteiger partial charge < -0.3 is 15.3 Å². The molecule has 1 heterocycles. The van der Waals surface area contributed by atoms with Crippen LogP contribution in [-0.4, -0.2) is 49.3 Å². The summed E-state index contributed by atoms with van der Waals surface area (Å²) in [5.74, 6) is 1.40. The predicted molar refractivity (Wildman–Crippen MR) is 75.7 cm³/mol. The van der Waals surface area contributed by atoms with Crippen LogP contribution in [0.2, 0.25) is 0 Å². The van der Waals surface area contributed by atoms with Crippen LogP contribution in [0, 0.1) is 11.8 Å². The van der Waals surface area contributed by atoms with Gasteiger partial charge in [-0.3, -0.25) is 0 Å². The van der Waals surface area contributed by atoms with Crippen LogP contribution in [0.15, 0.2) is 0 Å². The van der Waals surface area contributed by atoms with Crippen molar-refractivity contribution in [3.8, 4) is 0 Å². The van der Waals surface area contributed by atoms with Crippen LogP contribution in [-0.2, 0) is 0 Å². The fourth-order valence-electron chi connectivity index (χ4n) is 3.67. The lowest BCUT2D eigenvalue weighted by atomic mass is 9.92. The van der Waals surface area contributed by atoms with E-state index in [0.717, 1.165) is 12.0 Å². The second-order valence-electron chi connectivity index (χ2n) is 6.22. The monoisotopic (exact) mass is 254 g/mol. The topological polar surface area (TPSA) is 35.5 Å². The summed E-state index contributed by atoms with van der Waals surface area (Å²) in [6.45, 7) is 4.04. The van der Waals surface area contributed by atoms with Gasteiger partial charge in [-0.15, -0.1) is 0 Å². The van der Waals surface area contributed by atoms with Crippen molar-refractivity contribution >= 4 is 0 Å². The zero-order valence-electron chi connectivity index (χ0n) is 11.9. The first kappa shape index (κ1) is 14.3. The minimum Gasteiger partial charge on any atom is -0.396 e. The van der Waals surface area contributed by atoms with Crippen LogP contribution in [0.1, 0.15) is 44.9 Å². The highest BCUT2D eigenvalue weighted by Crippen LogP contribution is 2.26. The van der Waals surface area contributed by atoms with Gasteiger partial charge in [-0.1, -0.05) is 19.3 Å². The maximum absolute atomic E-state index is 9.19. The van der Waals surface area contributed by atoms with Crippen LogP contribution >= 0.6 is 0 Å². The Bertz CT molecular complexity index is 227. The Morgan fingerprint density at radius 3 is 2.44 bits per heavy atom. The Kier molecular flexibility index (Phi) is 5.93. The normalized spacial score (nSPS) is 32.3. The van der Waals surface area contributed by atoms with E-state index >= 15 is 0 Å². The minimum absolute atomic E-state index is 0.385. The van der Waals surface area contributed by atoms with Crippen molar-refractivity contribution in [2.45, 2.75) is 51.0 Å². The molecular weight excluding hydrogens is 224 g/mol. The Balaban J connectivity index is 1.80. The highest BCUT2D eigenvalue weighted by atomic mass is 16.3. The van der Waals surface area contributed by atoms with Crippen LogP contribution in [0.3, 0.4) is 0 Å². The van der Waals surface area contributed by atoms with Crippen LogP contribution < -0.4 is 5.32 Å². The summed E-state index contributed by atoms with van der Waals surface area (Å²) >= 11 is 0. The quantitative estimate of drug-likeness (QED) is 0.752. The van der Waals surface area contributed by atoms with Gasteiger partial charge in [0.2, 0.25) is 0 Å². The summed E-state index contributed by atoms with van der Waals surface area (Å²) in [4.78, 5) is 2.63. The van der Waals surface area contributed by atoms with Gasteiger partial charge in [0.25, 0.3) is 0 Å². The lowest BCUT2D eigenvalue weighted by Gasteiger charge is -2.35. The van der Waals surface area contributed by atoms with E-state index in [1.807, 2.05) is 0 Å². The maximum atomic E-state index is 9.19. The zero-order valence-corrected chi connectivity index (χ0v) is 11.9. The van der Waals surface area contributed by atoms with Crippen LogP contribution in [0.5, 0.6) is 0 Å². The fraction of sp³-hybridized carbons (Fsp3) is 1.00. The summed E-state index contributed by atoms with van der Waals surface area (Å²) in [6, 6.07) is 0.725. The second-order valence-corrected chi connectivity index (χ2v) is 6.22. The molecule has 1 aliphatic heterocycles. The van der Waals surface area contributed by atoms with Gasteiger partial charge in [0.15, 0.2) is 0 Å². The average molecular weight is 254 g/mol. The van der Waals surface area contributed by atoms with Crippen molar-refractivity contribution < 1.29 is 5.11 Å². The van der Waals surface area contributed by atoms with Gasteiger partial charge in [-0.2, -0.15) is 0 Å².